The van der Waals surface area contributed by atoms with Crippen LogP contribution in [-0.2, 0) is 23.2 Å². The topological polar surface area (TPSA) is 168 Å². The second-order valence-electron chi connectivity index (χ2n) is 12.3. The normalized spacial score (nSPS) is 12.9. The maximum absolute atomic E-state index is 13.6. The highest BCUT2D eigenvalue weighted by molar-refractivity contribution is 6.42. The molecule has 5 aromatic rings. The number of rotatable bonds is 11. The number of anilines is 1. The highest BCUT2D eigenvalue weighted by Crippen LogP contribution is 2.29. The molecule has 0 bridgehead atoms. The summed E-state index contributed by atoms with van der Waals surface area (Å²) in [7, 11) is 3.56. The summed E-state index contributed by atoms with van der Waals surface area (Å²) in [5.74, 6) is -1.04. The lowest BCUT2D eigenvalue weighted by Crippen LogP contribution is -2.48. The first-order valence-corrected chi connectivity index (χ1v) is 17.8. The number of carboxylic acid groups (broad SMARTS) is 2. The first-order valence-electron chi connectivity index (χ1n) is 17.0. The molecule has 2 N–H and O–H groups in total. The standard InChI is InChI=1S/C35H34Cl2N6O4.C4H4O4/c1-4-46-28-8-6-25(38-21-28)22-42-13-15-43(16-14-42)35(45)32-19-24-17-27(9-11-31(24)41(32)3)47-33-12-7-26(20-39-33)40(2)34(44)23-5-10-29(36)30(37)18-23;5-3(6)1-2-4(7)8/h5-12,17-21H,4,13-16,22H2,1-3H3;1-2H,(H,5,6)(H,7,8)/b;2-1-. The molecule has 2 aromatic carbocycles. The van der Waals surface area contributed by atoms with Gasteiger partial charge in [0.25, 0.3) is 11.8 Å². The minimum absolute atomic E-state index is 0.00167. The lowest BCUT2D eigenvalue weighted by Gasteiger charge is -2.34. The number of aromatic nitrogens is 3. The number of piperazine rings is 1. The van der Waals surface area contributed by atoms with Gasteiger partial charge in [0.2, 0.25) is 5.88 Å². The number of nitrogens with zero attached hydrogens (tertiary/aromatic N) is 6. The van der Waals surface area contributed by atoms with Gasteiger partial charge in [-0.3, -0.25) is 19.5 Å². The number of carboxylic acids is 2. The smallest absolute Gasteiger partial charge is 0.328 e. The third kappa shape index (κ3) is 10.6. The molecule has 55 heavy (non-hydrogen) atoms. The zero-order valence-corrected chi connectivity index (χ0v) is 31.7. The van der Waals surface area contributed by atoms with Gasteiger partial charge in [0.05, 0.1) is 40.4 Å². The minimum Gasteiger partial charge on any atom is -0.492 e. The molecule has 3 aromatic heterocycles. The quantitative estimate of drug-likeness (QED) is 0.142. The molecule has 4 heterocycles. The molecule has 14 nitrogen and oxygen atoms in total. The summed E-state index contributed by atoms with van der Waals surface area (Å²) in [6, 6.07) is 19.7. The van der Waals surface area contributed by atoms with Gasteiger partial charge in [-0.2, -0.15) is 0 Å². The summed E-state index contributed by atoms with van der Waals surface area (Å²) in [5.41, 5.74) is 3.52. The number of pyridine rings is 2. The van der Waals surface area contributed by atoms with Crippen LogP contribution in [0.3, 0.4) is 0 Å². The van der Waals surface area contributed by atoms with Gasteiger partial charge in [0, 0.05) is 81.5 Å². The van der Waals surface area contributed by atoms with Crippen LogP contribution in [0, 0.1) is 0 Å². The van der Waals surface area contributed by atoms with Crippen molar-refractivity contribution in [2.45, 2.75) is 13.5 Å². The van der Waals surface area contributed by atoms with Gasteiger partial charge < -0.3 is 34.1 Å². The monoisotopic (exact) mass is 788 g/mol. The number of hydrogen-bond acceptors (Lipinski definition) is 9. The van der Waals surface area contributed by atoms with Crippen molar-refractivity contribution in [3.8, 4) is 17.4 Å². The number of carbonyl (C=O) groups excluding carboxylic acids is 2. The fourth-order valence-corrected chi connectivity index (χ4v) is 5.99. The van der Waals surface area contributed by atoms with Gasteiger partial charge in [0.15, 0.2) is 0 Å². The van der Waals surface area contributed by atoms with Crippen molar-refractivity contribution in [3.63, 3.8) is 0 Å². The maximum atomic E-state index is 13.6. The Morgan fingerprint density at radius 2 is 1.55 bits per heavy atom. The van der Waals surface area contributed by atoms with Crippen LogP contribution in [0.2, 0.25) is 10.0 Å². The molecule has 1 aliphatic rings. The largest absolute Gasteiger partial charge is 0.492 e. The number of ether oxygens (including phenoxy) is 2. The molecule has 0 spiro atoms. The van der Waals surface area contributed by atoms with Crippen LogP contribution in [0.25, 0.3) is 10.9 Å². The summed E-state index contributed by atoms with van der Waals surface area (Å²) in [4.78, 5) is 60.2. The predicted molar refractivity (Wildman–Crippen MR) is 207 cm³/mol. The van der Waals surface area contributed by atoms with Gasteiger partial charge in [-0.15, -0.1) is 0 Å². The molecule has 6 rings (SSSR count). The van der Waals surface area contributed by atoms with Crippen molar-refractivity contribution in [3.05, 3.63) is 118 Å². The molecular weight excluding hydrogens is 751 g/mol. The molecule has 0 unspecified atom stereocenters. The SMILES string of the molecule is CCOc1ccc(CN2CCN(C(=O)c3cc4cc(Oc5ccc(N(C)C(=O)c6ccc(Cl)c(Cl)c6)cn5)ccc4n3C)CC2)nc1.O=C(O)/C=C\C(=O)O. The average Bonchev–Trinajstić information content (AvgIpc) is 3.51. The van der Waals surface area contributed by atoms with Crippen LogP contribution in [0.5, 0.6) is 17.4 Å². The van der Waals surface area contributed by atoms with E-state index in [1.54, 1.807) is 43.7 Å². The molecular formula is C39H38Cl2N6O8. The number of aliphatic carboxylic acids is 2. The first-order chi connectivity index (χ1) is 26.3. The summed E-state index contributed by atoms with van der Waals surface area (Å²) in [5, 5.41) is 17.2. The Morgan fingerprint density at radius 1 is 0.836 bits per heavy atom. The number of halogens is 2. The van der Waals surface area contributed by atoms with E-state index in [2.05, 4.69) is 14.9 Å². The Hall–Kier alpha value is -5.96. The predicted octanol–water partition coefficient (Wildman–Crippen LogP) is 6.41. The van der Waals surface area contributed by atoms with Crippen LogP contribution in [0.1, 0.15) is 33.5 Å². The fourth-order valence-electron chi connectivity index (χ4n) is 5.69. The third-order valence-electron chi connectivity index (χ3n) is 8.56. The van der Waals surface area contributed by atoms with E-state index in [-0.39, 0.29) is 11.8 Å². The number of fused-ring (bicyclic) bond motifs is 1. The van der Waals surface area contributed by atoms with Crippen LogP contribution < -0.4 is 14.4 Å². The second-order valence-corrected chi connectivity index (χ2v) is 13.1. The van der Waals surface area contributed by atoms with E-state index in [0.29, 0.717) is 70.5 Å². The zero-order chi connectivity index (χ0) is 39.6. The molecule has 0 aliphatic carbocycles. The Bertz CT molecular complexity index is 2180. The number of hydrogen-bond donors (Lipinski definition) is 2. The minimum atomic E-state index is -1.26. The van der Waals surface area contributed by atoms with E-state index in [1.165, 1.54) is 11.0 Å². The summed E-state index contributed by atoms with van der Waals surface area (Å²) >= 11 is 12.1. The van der Waals surface area contributed by atoms with Gasteiger partial charge in [-0.25, -0.2) is 14.6 Å². The maximum Gasteiger partial charge on any atom is 0.328 e. The Balaban J connectivity index is 0.000000654. The van der Waals surface area contributed by atoms with Gasteiger partial charge in [-0.05, 0) is 67.6 Å². The summed E-state index contributed by atoms with van der Waals surface area (Å²) in [6.07, 6.45) is 4.44. The second kappa shape index (κ2) is 18.4. The summed E-state index contributed by atoms with van der Waals surface area (Å²) in [6.45, 7) is 6.12. The van der Waals surface area contributed by atoms with E-state index in [1.807, 2.05) is 59.8 Å². The molecule has 286 valence electrons. The van der Waals surface area contributed by atoms with Gasteiger partial charge >= 0.3 is 11.9 Å². The van der Waals surface area contributed by atoms with Crippen molar-refractivity contribution >= 4 is 63.5 Å². The Morgan fingerprint density at radius 3 is 2.15 bits per heavy atom. The van der Waals surface area contributed by atoms with E-state index in [0.717, 1.165) is 42.0 Å². The summed E-state index contributed by atoms with van der Waals surface area (Å²) < 4.78 is 13.4. The average molecular weight is 790 g/mol. The Kier molecular flexibility index (Phi) is 13.4. The van der Waals surface area contributed by atoms with Crippen LogP contribution in [0.4, 0.5) is 5.69 Å². The van der Waals surface area contributed by atoms with Crippen molar-refractivity contribution in [1.82, 2.24) is 24.3 Å². The molecule has 16 heteroatoms. The molecule has 2 amide bonds. The van der Waals surface area contributed by atoms with Gasteiger partial charge in [0.1, 0.15) is 17.2 Å². The van der Waals surface area contributed by atoms with Gasteiger partial charge in [-0.1, -0.05) is 23.2 Å². The third-order valence-corrected chi connectivity index (χ3v) is 9.30. The number of carbonyl (C=O) groups is 4. The van der Waals surface area contributed by atoms with Crippen molar-refractivity contribution in [2.75, 3.05) is 44.7 Å². The van der Waals surface area contributed by atoms with Crippen LogP contribution in [-0.4, -0.2) is 98.1 Å². The van der Waals surface area contributed by atoms with Crippen LogP contribution in [0.15, 0.2) is 91.3 Å². The highest BCUT2D eigenvalue weighted by Gasteiger charge is 2.25. The molecule has 1 saturated heterocycles. The van der Waals surface area contributed by atoms with Crippen molar-refractivity contribution in [1.29, 1.82) is 0 Å². The lowest BCUT2D eigenvalue weighted by molar-refractivity contribution is -0.134. The number of benzene rings is 2. The first kappa shape index (κ1) is 40.2. The van der Waals surface area contributed by atoms with E-state index in [9.17, 15) is 19.2 Å². The highest BCUT2D eigenvalue weighted by atomic mass is 35.5. The lowest BCUT2D eigenvalue weighted by atomic mass is 10.2. The number of aryl methyl sites for hydroxylation is 1. The van der Waals surface area contributed by atoms with Crippen molar-refractivity contribution in [2.24, 2.45) is 7.05 Å². The molecule has 0 radical (unpaired) electrons. The van der Waals surface area contributed by atoms with Crippen molar-refractivity contribution < 1.29 is 38.9 Å². The van der Waals surface area contributed by atoms with E-state index >= 15 is 0 Å². The Labute approximate surface area is 326 Å². The fraction of sp³-hybridized carbons (Fsp3) is 0.231. The van der Waals surface area contributed by atoms with E-state index < -0.39 is 11.9 Å². The van der Waals surface area contributed by atoms with Crippen LogP contribution >= 0.6 is 23.2 Å². The molecule has 1 fully saturated rings. The zero-order valence-electron chi connectivity index (χ0n) is 30.2. The number of amides is 2. The molecule has 0 atom stereocenters. The molecule has 0 saturated carbocycles. The molecule has 1 aliphatic heterocycles. The van der Waals surface area contributed by atoms with E-state index in [4.69, 9.17) is 42.9 Å².